The van der Waals surface area contributed by atoms with E-state index in [4.69, 9.17) is 21.7 Å². The Hall–Kier alpha value is -2.80. The fourth-order valence-electron chi connectivity index (χ4n) is 3.73. The number of hydrogen-bond acceptors (Lipinski definition) is 4. The number of ether oxygens (including phenoxy) is 2. The molecule has 160 valence electrons. The summed E-state index contributed by atoms with van der Waals surface area (Å²) in [6.45, 7) is 2.26. The number of carbonyl (C=O) groups is 1. The molecule has 6 nitrogen and oxygen atoms in total. The van der Waals surface area contributed by atoms with Crippen molar-refractivity contribution in [3.63, 3.8) is 0 Å². The number of rotatable bonds is 6. The van der Waals surface area contributed by atoms with Crippen molar-refractivity contribution < 1.29 is 14.3 Å². The molecule has 0 aromatic heterocycles. The standard InChI is InChI=1S/C23H29N3O3S/c1-15-9-7-8-12-17(15)25-23(30)26-19-14-20(28-2)18(13-21(19)29-3)24-22(27)16-10-5-4-6-11-16/h4-6,10-11,13-15,17H,7-9,12H2,1-3H3,(H,24,27)(H2,25,26,30)/t15-,17-/m0/s1. The first-order valence-corrected chi connectivity index (χ1v) is 10.6. The molecule has 0 radical (unpaired) electrons. The second kappa shape index (κ2) is 10.3. The van der Waals surface area contributed by atoms with E-state index in [2.05, 4.69) is 22.9 Å². The van der Waals surface area contributed by atoms with Gasteiger partial charge in [-0.2, -0.15) is 0 Å². The lowest BCUT2D eigenvalue weighted by Gasteiger charge is -2.30. The fourth-order valence-corrected chi connectivity index (χ4v) is 4.00. The normalized spacial score (nSPS) is 18.2. The molecule has 1 saturated carbocycles. The van der Waals surface area contributed by atoms with E-state index in [9.17, 15) is 4.79 Å². The molecule has 0 bridgehead atoms. The van der Waals surface area contributed by atoms with Crippen molar-refractivity contribution in [3.05, 3.63) is 48.0 Å². The first-order chi connectivity index (χ1) is 14.5. The van der Waals surface area contributed by atoms with Gasteiger partial charge in [-0.3, -0.25) is 4.79 Å². The molecule has 0 aliphatic heterocycles. The van der Waals surface area contributed by atoms with Crippen molar-refractivity contribution in [2.75, 3.05) is 24.9 Å². The van der Waals surface area contributed by atoms with Crippen LogP contribution in [0.5, 0.6) is 11.5 Å². The van der Waals surface area contributed by atoms with Crippen molar-refractivity contribution in [3.8, 4) is 11.5 Å². The first-order valence-electron chi connectivity index (χ1n) is 10.2. The molecular weight excluding hydrogens is 398 g/mol. The van der Waals surface area contributed by atoms with Crippen LogP contribution in [0.4, 0.5) is 11.4 Å². The van der Waals surface area contributed by atoms with Gasteiger partial charge in [0.05, 0.1) is 25.6 Å². The minimum Gasteiger partial charge on any atom is -0.494 e. The summed E-state index contributed by atoms with van der Waals surface area (Å²) in [5.41, 5.74) is 1.76. The molecule has 2 aromatic rings. The molecule has 1 fully saturated rings. The zero-order valence-electron chi connectivity index (χ0n) is 17.7. The number of amides is 1. The maximum Gasteiger partial charge on any atom is 0.255 e. The van der Waals surface area contributed by atoms with Crippen molar-refractivity contribution in [1.29, 1.82) is 0 Å². The molecule has 3 rings (SSSR count). The number of methoxy groups -OCH3 is 2. The van der Waals surface area contributed by atoms with Gasteiger partial charge in [0.1, 0.15) is 11.5 Å². The Morgan fingerprint density at radius 1 is 0.967 bits per heavy atom. The van der Waals surface area contributed by atoms with Crippen LogP contribution in [0, 0.1) is 5.92 Å². The van der Waals surface area contributed by atoms with Crippen LogP contribution in [0.1, 0.15) is 43.0 Å². The maximum absolute atomic E-state index is 12.5. The number of carbonyl (C=O) groups excluding carboxylic acids is 1. The van der Waals surface area contributed by atoms with Gasteiger partial charge < -0.3 is 25.4 Å². The summed E-state index contributed by atoms with van der Waals surface area (Å²) in [5, 5.41) is 10.1. The summed E-state index contributed by atoms with van der Waals surface area (Å²) in [5.74, 6) is 1.43. The summed E-state index contributed by atoms with van der Waals surface area (Å²) >= 11 is 5.54. The van der Waals surface area contributed by atoms with Crippen LogP contribution >= 0.6 is 12.2 Å². The summed E-state index contributed by atoms with van der Waals surface area (Å²) < 4.78 is 11.0. The molecule has 1 aliphatic rings. The third kappa shape index (κ3) is 5.42. The fraction of sp³-hybridized carbons (Fsp3) is 0.391. The molecule has 2 atom stereocenters. The SMILES string of the molecule is COc1cc(NC(=S)N[C@H]2CCCC[C@@H]2C)c(OC)cc1NC(=O)c1ccccc1. The van der Waals surface area contributed by atoms with E-state index in [1.54, 1.807) is 38.5 Å². The molecule has 0 unspecified atom stereocenters. The van der Waals surface area contributed by atoms with Gasteiger partial charge in [0.25, 0.3) is 5.91 Å². The Morgan fingerprint density at radius 2 is 1.57 bits per heavy atom. The molecule has 3 N–H and O–H groups in total. The Bertz CT molecular complexity index is 889. The Labute approximate surface area is 183 Å². The van der Waals surface area contributed by atoms with Crippen LogP contribution in [0.25, 0.3) is 0 Å². The third-order valence-corrected chi connectivity index (χ3v) is 5.70. The molecule has 0 spiro atoms. The van der Waals surface area contributed by atoms with E-state index in [0.29, 0.717) is 45.5 Å². The average molecular weight is 428 g/mol. The quantitative estimate of drug-likeness (QED) is 0.574. The van der Waals surface area contributed by atoms with Crippen LogP contribution in [0.15, 0.2) is 42.5 Å². The predicted octanol–water partition coefficient (Wildman–Crippen LogP) is 4.82. The van der Waals surface area contributed by atoms with E-state index < -0.39 is 0 Å². The summed E-state index contributed by atoms with van der Waals surface area (Å²) in [7, 11) is 3.14. The topological polar surface area (TPSA) is 71.6 Å². The predicted molar refractivity (Wildman–Crippen MR) is 125 cm³/mol. The van der Waals surface area contributed by atoms with Crippen LogP contribution in [-0.4, -0.2) is 31.3 Å². The molecule has 2 aromatic carbocycles. The average Bonchev–Trinajstić information content (AvgIpc) is 2.76. The minimum absolute atomic E-state index is 0.222. The second-order valence-electron chi connectivity index (χ2n) is 7.54. The van der Waals surface area contributed by atoms with Gasteiger partial charge in [-0.25, -0.2) is 0 Å². The molecule has 30 heavy (non-hydrogen) atoms. The highest BCUT2D eigenvalue weighted by atomic mass is 32.1. The maximum atomic E-state index is 12.5. The van der Waals surface area contributed by atoms with Gasteiger partial charge in [-0.05, 0) is 43.1 Å². The van der Waals surface area contributed by atoms with E-state index in [0.717, 1.165) is 6.42 Å². The van der Waals surface area contributed by atoms with Crippen molar-refractivity contribution in [2.45, 2.75) is 38.6 Å². The second-order valence-corrected chi connectivity index (χ2v) is 7.95. The zero-order chi connectivity index (χ0) is 21.5. The van der Waals surface area contributed by atoms with E-state index in [1.165, 1.54) is 19.3 Å². The summed E-state index contributed by atoms with van der Waals surface area (Å²) in [6.07, 6.45) is 4.83. The Balaban J connectivity index is 1.75. The highest BCUT2D eigenvalue weighted by Gasteiger charge is 2.22. The van der Waals surface area contributed by atoms with Crippen LogP contribution in [0.3, 0.4) is 0 Å². The third-order valence-electron chi connectivity index (χ3n) is 5.48. The molecule has 1 aliphatic carbocycles. The van der Waals surface area contributed by atoms with Gasteiger partial charge >= 0.3 is 0 Å². The lowest BCUT2D eigenvalue weighted by Crippen LogP contribution is -2.43. The number of anilines is 2. The zero-order valence-corrected chi connectivity index (χ0v) is 18.5. The van der Waals surface area contributed by atoms with Gasteiger partial charge in [0.2, 0.25) is 0 Å². The van der Waals surface area contributed by atoms with Gasteiger partial charge in [-0.15, -0.1) is 0 Å². The number of benzene rings is 2. The Kier molecular flexibility index (Phi) is 7.52. The van der Waals surface area contributed by atoms with Gasteiger partial charge in [-0.1, -0.05) is 38.0 Å². The number of hydrogen-bond donors (Lipinski definition) is 3. The monoisotopic (exact) mass is 427 g/mol. The van der Waals surface area contributed by atoms with Crippen molar-refractivity contribution in [2.24, 2.45) is 5.92 Å². The molecule has 0 saturated heterocycles. The lowest BCUT2D eigenvalue weighted by atomic mass is 9.86. The molecule has 0 heterocycles. The molecule has 7 heteroatoms. The molecular formula is C23H29N3O3S. The Morgan fingerprint density at radius 3 is 2.17 bits per heavy atom. The number of nitrogens with one attached hydrogen (secondary N) is 3. The van der Waals surface area contributed by atoms with Gasteiger partial charge in [0.15, 0.2) is 5.11 Å². The summed E-state index contributed by atoms with van der Waals surface area (Å²) in [6, 6.07) is 12.9. The number of thiocarbonyl (C=S) groups is 1. The highest BCUT2D eigenvalue weighted by molar-refractivity contribution is 7.80. The minimum atomic E-state index is -0.222. The van der Waals surface area contributed by atoms with Crippen molar-refractivity contribution in [1.82, 2.24) is 5.32 Å². The van der Waals surface area contributed by atoms with E-state index in [1.807, 2.05) is 18.2 Å². The largest absolute Gasteiger partial charge is 0.494 e. The summed E-state index contributed by atoms with van der Waals surface area (Å²) in [4.78, 5) is 12.5. The van der Waals surface area contributed by atoms with E-state index in [-0.39, 0.29) is 5.91 Å². The van der Waals surface area contributed by atoms with Crippen LogP contribution in [0.2, 0.25) is 0 Å². The highest BCUT2D eigenvalue weighted by Crippen LogP contribution is 2.36. The smallest absolute Gasteiger partial charge is 0.255 e. The van der Waals surface area contributed by atoms with Crippen LogP contribution < -0.4 is 25.4 Å². The van der Waals surface area contributed by atoms with Gasteiger partial charge in [0, 0.05) is 23.7 Å². The molecule has 1 amide bonds. The van der Waals surface area contributed by atoms with E-state index >= 15 is 0 Å². The first kappa shape index (κ1) is 21.9. The lowest BCUT2D eigenvalue weighted by molar-refractivity contribution is 0.102. The van der Waals surface area contributed by atoms with Crippen molar-refractivity contribution >= 4 is 34.6 Å². The van der Waals surface area contributed by atoms with Crippen LogP contribution in [-0.2, 0) is 0 Å².